The van der Waals surface area contributed by atoms with E-state index in [0.29, 0.717) is 23.8 Å². The highest BCUT2D eigenvalue weighted by Gasteiger charge is 2.14. The quantitative estimate of drug-likeness (QED) is 0.568. The Labute approximate surface area is 165 Å². The highest BCUT2D eigenvalue weighted by Crippen LogP contribution is 2.29. The van der Waals surface area contributed by atoms with Gasteiger partial charge < -0.3 is 15.2 Å². The summed E-state index contributed by atoms with van der Waals surface area (Å²) in [6, 6.07) is 21.1. The van der Waals surface area contributed by atoms with Crippen LogP contribution in [-0.4, -0.2) is 15.5 Å². The van der Waals surface area contributed by atoms with Gasteiger partial charge in [0.15, 0.2) is 11.5 Å². The first kappa shape index (κ1) is 19.7. The molecule has 0 saturated carbocycles. The van der Waals surface area contributed by atoms with Crippen LogP contribution in [0.2, 0.25) is 0 Å². The zero-order valence-corrected chi connectivity index (χ0v) is 16.3. The average molecular weight is 398 g/mol. The molecule has 28 heavy (non-hydrogen) atoms. The molecule has 6 nitrogen and oxygen atoms in total. The van der Waals surface area contributed by atoms with Gasteiger partial charge in [0.2, 0.25) is 10.0 Å². The number of methoxy groups -OCH3 is 1. The summed E-state index contributed by atoms with van der Waals surface area (Å²) in [6.45, 7) is 0.510. The van der Waals surface area contributed by atoms with Gasteiger partial charge in [-0.05, 0) is 47.5 Å². The third-order valence-electron chi connectivity index (χ3n) is 4.12. The van der Waals surface area contributed by atoms with Crippen molar-refractivity contribution in [2.24, 2.45) is 0 Å². The third-order valence-corrected chi connectivity index (χ3v) is 5.54. The summed E-state index contributed by atoms with van der Waals surface area (Å²) in [4.78, 5) is 0.163. The van der Waals surface area contributed by atoms with Crippen LogP contribution in [0.3, 0.4) is 0 Å². The Morgan fingerprint density at radius 2 is 1.61 bits per heavy atom. The van der Waals surface area contributed by atoms with E-state index in [4.69, 9.17) is 15.2 Å². The third kappa shape index (κ3) is 5.03. The van der Waals surface area contributed by atoms with Crippen LogP contribution < -0.4 is 19.9 Å². The van der Waals surface area contributed by atoms with Crippen LogP contribution in [0.25, 0.3) is 0 Å². The van der Waals surface area contributed by atoms with Crippen LogP contribution in [0.4, 0.5) is 5.69 Å². The Morgan fingerprint density at radius 3 is 2.29 bits per heavy atom. The van der Waals surface area contributed by atoms with Crippen LogP contribution in [0, 0.1) is 0 Å². The van der Waals surface area contributed by atoms with E-state index in [1.165, 1.54) is 12.1 Å². The van der Waals surface area contributed by atoms with E-state index in [0.717, 1.165) is 11.1 Å². The van der Waals surface area contributed by atoms with Crippen molar-refractivity contribution in [3.8, 4) is 11.5 Å². The van der Waals surface area contributed by atoms with Gasteiger partial charge >= 0.3 is 0 Å². The molecule has 3 N–H and O–H groups in total. The Kier molecular flexibility index (Phi) is 6.18. The summed E-state index contributed by atoms with van der Waals surface area (Å²) in [5, 5.41) is 0. The van der Waals surface area contributed by atoms with Gasteiger partial charge in [0.25, 0.3) is 0 Å². The van der Waals surface area contributed by atoms with E-state index < -0.39 is 10.0 Å². The standard InChI is InChI=1S/C21H22N2O4S/c1-26-20-12-7-17(13-21(20)27-15-16-5-3-2-4-6-16)14-23-28(24,25)19-10-8-18(22)9-11-19/h2-13,23H,14-15,22H2,1H3. The molecular formula is C21H22N2O4S. The Balaban J connectivity index is 1.71. The Morgan fingerprint density at radius 1 is 0.893 bits per heavy atom. The molecule has 0 unspecified atom stereocenters. The molecule has 3 aromatic carbocycles. The molecule has 0 fully saturated rings. The van der Waals surface area contributed by atoms with Crippen molar-refractivity contribution in [2.75, 3.05) is 12.8 Å². The van der Waals surface area contributed by atoms with E-state index in [2.05, 4.69) is 4.72 Å². The summed E-state index contributed by atoms with van der Waals surface area (Å²) in [5.74, 6) is 1.14. The topological polar surface area (TPSA) is 90.7 Å². The lowest BCUT2D eigenvalue weighted by Crippen LogP contribution is -2.23. The number of nitrogens with one attached hydrogen (secondary N) is 1. The van der Waals surface area contributed by atoms with Gasteiger partial charge in [-0.15, -0.1) is 0 Å². The normalized spacial score (nSPS) is 11.2. The van der Waals surface area contributed by atoms with E-state index in [-0.39, 0.29) is 11.4 Å². The Hall–Kier alpha value is -3.03. The fourth-order valence-electron chi connectivity index (χ4n) is 2.59. The SMILES string of the molecule is COc1ccc(CNS(=O)(=O)c2ccc(N)cc2)cc1OCc1ccccc1. The number of ether oxygens (including phenoxy) is 2. The van der Waals surface area contributed by atoms with Gasteiger partial charge in [-0.25, -0.2) is 13.1 Å². The van der Waals surface area contributed by atoms with Gasteiger partial charge in [0.1, 0.15) is 6.61 Å². The molecule has 0 amide bonds. The molecule has 0 aliphatic heterocycles. The molecule has 3 rings (SSSR count). The lowest BCUT2D eigenvalue weighted by molar-refractivity contribution is 0.284. The van der Waals surface area contributed by atoms with Crippen LogP contribution in [-0.2, 0) is 23.2 Å². The summed E-state index contributed by atoms with van der Waals surface area (Å²) in [6.07, 6.45) is 0. The van der Waals surface area contributed by atoms with Crippen molar-refractivity contribution in [2.45, 2.75) is 18.0 Å². The molecule has 0 aromatic heterocycles. The summed E-state index contributed by atoms with van der Waals surface area (Å²) in [7, 11) is -2.07. The molecular weight excluding hydrogens is 376 g/mol. The number of benzene rings is 3. The zero-order valence-electron chi connectivity index (χ0n) is 15.5. The maximum absolute atomic E-state index is 12.4. The second kappa shape index (κ2) is 8.77. The summed E-state index contributed by atoms with van der Waals surface area (Å²) < 4.78 is 38.6. The highest BCUT2D eigenvalue weighted by atomic mass is 32.2. The van der Waals surface area contributed by atoms with E-state index >= 15 is 0 Å². The number of hydrogen-bond donors (Lipinski definition) is 2. The molecule has 0 bridgehead atoms. The molecule has 0 aliphatic carbocycles. The minimum absolute atomic E-state index is 0.123. The first-order valence-corrected chi connectivity index (χ1v) is 10.1. The number of nitrogens with two attached hydrogens (primary N) is 1. The first-order valence-electron chi connectivity index (χ1n) is 8.67. The van der Waals surface area contributed by atoms with Gasteiger partial charge in [-0.3, -0.25) is 0 Å². The molecule has 3 aromatic rings. The van der Waals surface area contributed by atoms with Crippen molar-refractivity contribution in [1.82, 2.24) is 4.72 Å². The maximum atomic E-state index is 12.4. The molecule has 0 heterocycles. The van der Waals surface area contributed by atoms with E-state index in [9.17, 15) is 8.42 Å². The zero-order chi connectivity index (χ0) is 20.0. The van der Waals surface area contributed by atoms with Gasteiger partial charge in [-0.1, -0.05) is 36.4 Å². The van der Waals surface area contributed by atoms with E-state index in [1.54, 1.807) is 37.4 Å². The monoisotopic (exact) mass is 398 g/mol. The molecule has 0 spiro atoms. The lowest BCUT2D eigenvalue weighted by Gasteiger charge is -2.13. The van der Waals surface area contributed by atoms with Gasteiger partial charge in [0.05, 0.1) is 12.0 Å². The van der Waals surface area contributed by atoms with Crippen molar-refractivity contribution in [3.05, 3.63) is 83.9 Å². The fourth-order valence-corrected chi connectivity index (χ4v) is 3.61. The number of sulfonamides is 1. The minimum Gasteiger partial charge on any atom is -0.493 e. The van der Waals surface area contributed by atoms with Crippen LogP contribution >= 0.6 is 0 Å². The van der Waals surface area contributed by atoms with Crippen molar-refractivity contribution >= 4 is 15.7 Å². The molecule has 7 heteroatoms. The van der Waals surface area contributed by atoms with Crippen molar-refractivity contribution in [1.29, 1.82) is 0 Å². The molecule has 0 saturated heterocycles. The molecule has 0 aliphatic rings. The van der Waals surface area contributed by atoms with Crippen molar-refractivity contribution in [3.63, 3.8) is 0 Å². The van der Waals surface area contributed by atoms with Crippen LogP contribution in [0.15, 0.2) is 77.7 Å². The molecule has 0 atom stereocenters. The second-order valence-electron chi connectivity index (χ2n) is 6.15. The highest BCUT2D eigenvalue weighted by molar-refractivity contribution is 7.89. The maximum Gasteiger partial charge on any atom is 0.240 e. The van der Waals surface area contributed by atoms with Gasteiger partial charge in [0, 0.05) is 12.2 Å². The van der Waals surface area contributed by atoms with Crippen molar-refractivity contribution < 1.29 is 17.9 Å². The fraction of sp³-hybridized carbons (Fsp3) is 0.143. The number of hydrogen-bond acceptors (Lipinski definition) is 5. The van der Waals surface area contributed by atoms with Gasteiger partial charge in [-0.2, -0.15) is 0 Å². The molecule has 146 valence electrons. The predicted molar refractivity (Wildman–Crippen MR) is 109 cm³/mol. The molecule has 0 radical (unpaired) electrons. The lowest BCUT2D eigenvalue weighted by atomic mass is 10.2. The largest absolute Gasteiger partial charge is 0.493 e. The summed E-state index contributed by atoms with van der Waals surface area (Å²) in [5.41, 5.74) is 7.90. The number of rotatable bonds is 8. The number of nitrogen functional groups attached to an aromatic ring is 1. The van der Waals surface area contributed by atoms with Crippen LogP contribution in [0.5, 0.6) is 11.5 Å². The first-order chi connectivity index (χ1) is 13.5. The predicted octanol–water partition coefficient (Wildman–Crippen LogP) is 3.33. The second-order valence-corrected chi connectivity index (χ2v) is 7.92. The minimum atomic E-state index is -3.64. The van der Waals surface area contributed by atoms with Crippen LogP contribution in [0.1, 0.15) is 11.1 Å². The Bertz CT molecular complexity index is 1020. The van der Waals surface area contributed by atoms with E-state index in [1.807, 2.05) is 30.3 Å². The average Bonchev–Trinajstić information content (AvgIpc) is 2.72. The number of anilines is 1. The summed E-state index contributed by atoms with van der Waals surface area (Å²) >= 11 is 0. The smallest absolute Gasteiger partial charge is 0.240 e.